The van der Waals surface area contributed by atoms with E-state index in [0.717, 1.165) is 0 Å². The fraction of sp³-hybridized carbons (Fsp3) is 0.333. The lowest BCUT2D eigenvalue weighted by atomic mass is 10.3. The quantitative estimate of drug-likeness (QED) is 0.659. The van der Waals surface area contributed by atoms with Crippen molar-refractivity contribution >= 4 is 25.7 Å². The number of nitrogens with zero attached hydrogens (tertiary/aromatic N) is 1. The van der Waals surface area contributed by atoms with Gasteiger partial charge in [-0.25, -0.2) is 16.8 Å². The maximum atomic E-state index is 12.6. The summed E-state index contributed by atoms with van der Waals surface area (Å²) in [6, 6.07) is 9.81. The highest BCUT2D eigenvalue weighted by molar-refractivity contribution is 7.92. The lowest BCUT2D eigenvalue weighted by molar-refractivity contribution is 0.354. The maximum Gasteiger partial charge on any atom is 0.262 e. The molecule has 0 unspecified atom stereocenters. The Hall–Kier alpha value is -2.30. The first-order valence-corrected chi connectivity index (χ1v) is 11.5. The Kier molecular flexibility index (Phi) is 6.91. The highest BCUT2D eigenvalue weighted by Gasteiger charge is 2.22. The Balaban J connectivity index is 2.28. The fourth-order valence-corrected chi connectivity index (χ4v) is 5.14. The zero-order valence-electron chi connectivity index (χ0n) is 16.2. The average Bonchev–Trinajstić information content (AvgIpc) is 2.68. The molecule has 0 aromatic heterocycles. The van der Waals surface area contributed by atoms with E-state index in [1.54, 1.807) is 13.8 Å². The van der Waals surface area contributed by atoms with Crippen molar-refractivity contribution in [3.8, 4) is 11.5 Å². The van der Waals surface area contributed by atoms with E-state index in [9.17, 15) is 16.8 Å². The van der Waals surface area contributed by atoms with E-state index in [1.807, 2.05) is 0 Å². The van der Waals surface area contributed by atoms with Crippen LogP contribution in [0.4, 0.5) is 5.69 Å². The minimum Gasteiger partial charge on any atom is -0.493 e. The molecule has 8 nitrogen and oxygen atoms in total. The third-order valence-electron chi connectivity index (χ3n) is 4.12. The summed E-state index contributed by atoms with van der Waals surface area (Å²) < 4.78 is 64.2. The second-order valence-corrected chi connectivity index (χ2v) is 9.36. The Labute approximate surface area is 166 Å². The van der Waals surface area contributed by atoms with Crippen molar-refractivity contribution in [2.24, 2.45) is 0 Å². The van der Waals surface area contributed by atoms with Gasteiger partial charge < -0.3 is 9.47 Å². The molecule has 28 heavy (non-hydrogen) atoms. The number of hydrogen-bond donors (Lipinski definition) is 1. The SMILES string of the molecule is CCN(CC)S(=O)(=O)c1ccc(NS(=O)(=O)c2ccc(OC)c(OC)c2)cc1. The molecular weight excluding hydrogens is 404 g/mol. The number of benzene rings is 2. The average molecular weight is 429 g/mol. The van der Waals surface area contributed by atoms with E-state index >= 15 is 0 Å². The first-order valence-electron chi connectivity index (χ1n) is 8.54. The Bertz CT molecular complexity index is 1010. The minimum absolute atomic E-state index is 0.00927. The van der Waals surface area contributed by atoms with Crippen LogP contribution < -0.4 is 14.2 Å². The number of ether oxygens (including phenoxy) is 2. The Morgan fingerprint density at radius 2 is 1.36 bits per heavy atom. The van der Waals surface area contributed by atoms with Crippen molar-refractivity contribution in [1.29, 1.82) is 0 Å². The zero-order valence-corrected chi connectivity index (χ0v) is 17.8. The molecule has 0 saturated heterocycles. The predicted octanol–water partition coefficient (Wildman–Crippen LogP) is 2.54. The molecule has 0 saturated carbocycles. The summed E-state index contributed by atoms with van der Waals surface area (Å²) in [6.45, 7) is 4.22. The van der Waals surface area contributed by atoms with Crippen LogP contribution >= 0.6 is 0 Å². The summed E-state index contributed by atoms with van der Waals surface area (Å²) in [6.07, 6.45) is 0. The molecule has 0 amide bonds. The van der Waals surface area contributed by atoms with Gasteiger partial charge in [0.05, 0.1) is 24.0 Å². The van der Waals surface area contributed by atoms with Crippen molar-refractivity contribution in [3.05, 3.63) is 42.5 Å². The van der Waals surface area contributed by atoms with Gasteiger partial charge in [-0.2, -0.15) is 4.31 Å². The van der Waals surface area contributed by atoms with Gasteiger partial charge in [-0.3, -0.25) is 4.72 Å². The Morgan fingerprint density at radius 3 is 1.86 bits per heavy atom. The van der Waals surface area contributed by atoms with Gasteiger partial charge in [0.25, 0.3) is 10.0 Å². The summed E-state index contributed by atoms with van der Waals surface area (Å²) in [4.78, 5) is 0.0928. The summed E-state index contributed by atoms with van der Waals surface area (Å²) >= 11 is 0. The molecule has 0 radical (unpaired) electrons. The molecule has 2 rings (SSSR count). The summed E-state index contributed by atoms with van der Waals surface area (Å²) in [5, 5.41) is 0. The third-order valence-corrected chi connectivity index (χ3v) is 7.56. The lowest BCUT2D eigenvalue weighted by Crippen LogP contribution is -2.30. The van der Waals surface area contributed by atoms with Gasteiger partial charge in [-0.15, -0.1) is 0 Å². The molecule has 0 atom stereocenters. The van der Waals surface area contributed by atoms with Crippen molar-refractivity contribution < 1.29 is 26.3 Å². The van der Waals surface area contributed by atoms with Crippen molar-refractivity contribution in [2.45, 2.75) is 23.6 Å². The van der Waals surface area contributed by atoms with Crippen LogP contribution in [-0.4, -0.2) is 48.4 Å². The van der Waals surface area contributed by atoms with E-state index in [4.69, 9.17) is 9.47 Å². The molecule has 10 heteroatoms. The van der Waals surface area contributed by atoms with E-state index in [1.165, 1.54) is 61.0 Å². The number of anilines is 1. The molecule has 0 fully saturated rings. The van der Waals surface area contributed by atoms with Crippen LogP contribution in [0.2, 0.25) is 0 Å². The second-order valence-electron chi connectivity index (χ2n) is 5.74. The highest BCUT2D eigenvalue weighted by Crippen LogP contribution is 2.30. The van der Waals surface area contributed by atoms with E-state index in [2.05, 4.69) is 4.72 Å². The first kappa shape index (κ1) is 22.0. The summed E-state index contributed by atoms with van der Waals surface area (Å²) in [5.74, 6) is 0.693. The number of methoxy groups -OCH3 is 2. The van der Waals surface area contributed by atoms with Gasteiger partial charge in [-0.05, 0) is 36.4 Å². The molecule has 0 aliphatic heterocycles. The van der Waals surface area contributed by atoms with Crippen molar-refractivity contribution in [1.82, 2.24) is 4.31 Å². The normalized spacial score (nSPS) is 12.0. The van der Waals surface area contributed by atoms with Crippen LogP contribution in [0.1, 0.15) is 13.8 Å². The highest BCUT2D eigenvalue weighted by atomic mass is 32.2. The van der Waals surface area contributed by atoms with Gasteiger partial charge >= 0.3 is 0 Å². The van der Waals surface area contributed by atoms with Gasteiger partial charge in [-0.1, -0.05) is 13.8 Å². The standard InChI is InChI=1S/C18H24N2O6S2/c1-5-20(6-2)28(23,24)15-9-7-14(8-10-15)19-27(21,22)16-11-12-17(25-3)18(13-16)26-4/h7-13,19H,5-6H2,1-4H3. The predicted molar refractivity (Wildman–Crippen MR) is 107 cm³/mol. The van der Waals surface area contributed by atoms with Crippen molar-refractivity contribution in [2.75, 3.05) is 32.0 Å². The number of nitrogens with one attached hydrogen (secondary N) is 1. The molecule has 0 bridgehead atoms. The smallest absolute Gasteiger partial charge is 0.262 e. The zero-order chi connectivity index (χ0) is 20.9. The second kappa shape index (κ2) is 8.80. The molecule has 2 aromatic rings. The van der Waals surface area contributed by atoms with Crippen LogP contribution in [-0.2, 0) is 20.0 Å². The molecular formula is C18H24N2O6S2. The van der Waals surface area contributed by atoms with Gasteiger partial charge in [0, 0.05) is 24.8 Å². The van der Waals surface area contributed by atoms with E-state index in [0.29, 0.717) is 18.8 Å². The number of hydrogen-bond acceptors (Lipinski definition) is 6. The van der Waals surface area contributed by atoms with Gasteiger partial charge in [0.1, 0.15) is 0 Å². The third kappa shape index (κ3) is 4.57. The lowest BCUT2D eigenvalue weighted by Gasteiger charge is -2.18. The van der Waals surface area contributed by atoms with Crippen LogP contribution in [0.25, 0.3) is 0 Å². The van der Waals surface area contributed by atoms with E-state index < -0.39 is 20.0 Å². The molecule has 1 N–H and O–H groups in total. The topological polar surface area (TPSA) is 102 Å². The molecule has 0 aliphatic rings. The molecule has 0 heterocycles. The fourth-order valence-electron chi connectivity index (χ4n) is 2.61. The van der Waals surface area contributed by atoms with E-state index in [-0.39, 0.29) is 21.2 Å². The van der Waals surface area contributed by atoms with Crippen LogP contribution in [0, 0.1) is 0 Å². The first-order chi connectivity index (χ1) is 13.2. The largest absolute Gasteiger partial charge is 0.493 e. The number of sulfonamides is 2. The van der Waals surface area contributed by atoms with Crippen LogP contribution in [0.15, 0.2) is 52.3 Å². The minimum atomic E-state index is -3.89. The number of rotatable bonds is 9. The van der Waals surface area contributed by atoms with Gasteiger partial charge in [0.15, 0.2) is 11.5 Å². The van der Waals surface area contributed by atoms with Crippen LogP contribution in [0.5, 0.6) is 11.5 Å². The van der Waals surface area contributed by atoms with Crippen molar-refractivity contribution in [3.63, 3.8) is 0 Å². The molecule has 0 aliphatic carbocycles. The molecule has 0 spiro atoms. The monoisotopic (exact) mass is 428 g/mol. The summed E-state index contributed by atoms with van der Waals surface area (Å²) in [5.41, 5.74) is 0.244. The molecule has 154 valence electrons. The molecule has 2 aromatic carbocycles. The van der Waals surface area contributed by atoms with Gasteiger partial charge in [0.2, 0.25) is 10.0 Å². The van der Waals surface area contributed by atoms with Crippen LogP contribution in [0.3, 0.4) is 0 Å². The summed E-state index contributed by atoms with van der Waals surface area (Å²) in [7, 11) is -4.63. The Morgan fingerprint density at radius 1 is 0.821 bits per heavy atom. The maximum absolute atomic E-state index is 12.6.